The van der Waals surface area contributed by atoms with Crippen molar-refractivity contribution >= 4 is 47.7 Å². The summed E-state index contributed by atoms with van der Waals surface area (Å²) in [4.78, 5) is 27.3. The van der Waals surface area contributed by atoms with Crippen LogP contribution in [0.25, 0.3) is 0 Å². The number of carbonyl (C=O) groups excluding carboxylic acids is 1. The van der Waals surface area contributed by atoms with Gasteiger partial charge in [0.15, 0.2) is 0 Å². The van der Waals surface area contributed by atoms with Gasteiger partial charge < -0.3 is 14.7 Å². The van der Waals surface area contributed by atoms with Crippen molar-refractivity contribution < 1.29 is 19.4 Å². The maximum atomic E-state index is 12.1. The van der Waals surface area contributed by atoms with E-state index < -0.39 is 17.6 Å². The summed E-state index contributed by atoms with van der Waals surface area (Å²) >= 11 is 11.9. The van der Waals surface area contributed by atoms with Crippen molar-refractivity contribution in [1.82, 2.24) is 9.80 Å². The van der Waals surface area contributed by atoms with Crippen molar-refractivity contribution in [3.63, 3.8) is 0 Å². The number of carboxylic acid groups (broad SMARTS) is 1. The van der Waals surface area contributed by atoms with Gasteiger partial charge in [-0.2, -0.15) is 0 Å². The zero-order chi connectivity index (χ0) is 18.8. The molecule has 1 aliphatic rings. The Bertz CT molecular complexity index is 656. The van der Waals surface area contributed by atoms with Gasteiger partial charge >= 0.3 is 12.1 Å². The van der Waals surface area contributed by atoms with E-state index in [1.54, 1.807) is 23.1 Å². The first-order chi connectivity index (χ1) is 11.6. The number of halogens is 3. The molecule has 1 saturated heterocycles. The largest absolute Gasteiger partial charge is 0.480 e. The summed E-state index contributed by atoms with van der Waals surface area (Å²) in [5, 5.41) is 10.3. The molecule has 0 aliphatic carbocycles. The average Bonchev–Trinajstić information content (AvgIpc) is 2.49. The highest BCUT2D eigenvalue weighted by Gasteiger charge is 2.33. The third kappa shape index (κ3) is 5.91. The van der Waals surface area contributed by atoms with Crippen LogP contribution >= 0.6 is 35.6 Å². The van der Waals surface area contributed by atoms with E-state index in [0.717, 1.165) is 0 Å². The number of benzene rings is 1. The number of aliphatic carboxylic acids is 1. The van der Waals surface area contributed by atoms with Gasteiger partial charge in [-0.3, -0.25) is 9.69 Å². The van der Waals surface area contributed by atoms with Crippen LogP contribution in [0.15, 0.2) is 18.2 Å². The van der Waals surface area contributed by atoms with Crippen LogP contribution in [-0.4, -0.2) is 58.7 Å². The molecule has 9 heteroatoms. The average molecular weight is 426 g/mol. The SMILES string of the molecule is CC(C)(C)OC(=O)N1CCN(C(C(=O)O)c2ccc(Cl)c(Cl)c2)CC1.Cl. The van der Waals surface area contributed by atoms with Crippen LogP contribution in [0.4, 0.5) is 4.79 Å². The van der Waals surface area contributed by atoms with E-state index in [1.165, 1.54) is 0 Å². The van der Waals surface area contributed by atoms with Crippen molar-refractivity contribution in [2.75, 3.05) is 26.2 Å². The number of ether oxygens (including phenoxy) is 1. The fourth-order valence-electron chi connectivity index (χ4n) is 2.68. The number of nitrogens with zero attached hydrogens (tertiary/aromatic N) is 2. The van der Waals surface area contributed by atoms with E-state index in [1.807, 2.05) is 25.7 Å². The zero-order valence-electron chi connectivity index (χ0n) is 14.9. The number of carbonyl (C=O) groups is 2. The molecule has 6 nitrogen and oxygen atoms in total. The van der Waals surface area contributed by atoms with E-state index in [2.05, 4.69) is 0 Å². The Morgan fingerprint density at radius 1 is 1.12 bits per heavy atom. The molecule has 1 aliphatic heterocycles. The zero-order valence-corrected chi connectivity index (χ0v) is 17.2. The summed E-state index contributed by atoms with van der Waals surface area (Å²) < 4.78 is 5.35. The van der Waals surface area contributed by atoms with Gasteiger partial charge in [0.2, 0.25) is 0 Å². The van der Waals surface area contributed by atoms with Gasteiger partial charge in [0, 0.05) is 26.2 Å². The topological polar surface area (TPSA) is 70.1 Å². The van der Waals surface area contributed by atoms with Crippen molar-refractivity contribution in [1.29, 1.82) is 0 Å². The smallest absolute Gasteiger partial charge is 0.410 e. The second kappa shape index (κ2) is 9.13. The summed E-state index contributed by atoms with van der Waals surface area (Å²) in [5.41, 5.74) is 0.00494. The lowest BCUT2D eigenvalue weighted by Gasteiger charge is -2.38. The molecule has 1 unspecified atom stereocenters. The van der Waals surface area contributed by atoms with Gasteiger partial charge in [-0.25, -0.2) is 4.79 Å². The molecule has 0 bridgehead atoms. The second-order valence-corrected chi connectivity index (χ2v) is 7.73. The van der Waals surface area contributed by atoms with Crippen LogP contribution in [0.3, 0.4) is 0 Å². The van der Waals surface area contributed by atoms with Crippen LogP contribution in [0.1, 0.15) is 32.4 Å². The Balaban J connectivity index is 0.00000338. The molecule has 1 amide bonds. The van der Waals surface area contributed by atoms with Crippen LogP contribution in [-0.2, 0) is 9.53 Å². The number of amides is 1. The highest BCUT2D eigenvalue weighted by atomic mass is 35.5. The maximum absolute atomic E-state index is 12.1. The normalized spacial score (nSPS) is 16.6. The van der Waals surface area contributed by atoms with Crippen molar-refractivity contribution in [3.05, 3.63) is 33.8 Å². The number of hydrogen-bond acceptors (Lipinski definition) is 4. The molecule has 0 aromatic heterocycles. The van der Waals surface area contributed by atoms with Crippen LogP contribution in [0.5, 0.6) is 0 Å². The van der Waals surface area contributed by atoms with Crippen LogP contribution in [0, 0.1) is 0 Å². The molecule has 2 rings (SSSR count). The molecule has 1 atom stereocenters. The fourth-order valence-corrected chi connectivity index (χ4v) is 2.99. The minimum atomic E-state index is -0.968. The van der Waals surface area contributed by atoms with Gasteiger partial charge in [-0.1, -0.05) is 29.3 Å². The van der Waals surface area contributed by atoms with Gasteiger partial charge in [0.05, 0.1) is 10.0 Å². The van der Waals surface area contributed by atoms with E-state index in [0.29, 0.717) is 41.8 Å². The highest BCUT2D eigenvalue weighted by Crippen LogP contribution is 2.29. The van der Waals surface area contributed by atoms with E-state index >= 15 is 0 Å². The molecule has 1 aromatic carbocycles. The maximum Gasteiger partial charge on any atom is 0.410 e. The Morgan fingerprint density at radius 2 is 1.69 bits per heavy atom. The fraction of sp³-hybridized carbons (Fsp3) is 0.529. The van der Waals surface area contributed by atoms with Gasteiger partial charge in [-0.05, 0) is 38.5 Å². The van der Waals surface area contributed by atoms with Gasteiger partial charge in [0.25, 0.3) is 0 Å². The second-order valence-electron chi connectivity index (χ2n) is 6.92. The minimum absolute atomic E-state index is 0. The first-order valence-electron chi connectivity index (χ1n) is 7.98. The van der Waals surface area contributed by atoms with E-state index in [9.17, 15) is 14.7 Å². The van der Waals surface area contributed by atoms with Crippen molar-refractivity contribution in [2.24, 2.45) is 0 Å². The molecule has 0 spiro atoms. The minimum Gasteiger partial charge on any atom is -0.480 e. The summed E-state index contributed by atoms with van der Waals surface area (Å²) in [6.07, 6.45) is -0.381. The quantitative estimate of drug-likeness (QED) is 0.789. The Hall–Kier alpha value is -1.21. The molecule has 1 N–H and O–H groups in total. The van der Waals surface area contributed by atoms with Gasteiger partial charge in [-0.15, -0.1) is 12.4 Å². The number of hydrogen-bond donors (Lipinski definition) is 1. The summed E-state index contributed by atoms with van der Waals surface area (Å²) in [6, 6.07) is 3.98. The molecule has 0 radical (unpaired) electrons. The molecule has 1 aromatic rings. The number of rotatable bonds is 3. The lowest BCUT2D eigenvalue weighted by atomic mass is 10.0. The lowest BCUT2D eigenvalue weighted by Crippen LogP contribution is -2.52. The molecule has 146 valence electrons. The Morgan fingerprint density at radius 3 is 2.15 bits per heavy atom. The monoisotopic (exact) mass is 424 g/mol. The third-order valence-electron chi connectivity index (χ3n) is 3.82. The summed E-state index contributed by atoms with van der Waals surface area (Å²) in [5.74, 6) is -0.968. The summed E-state index contributed by atoms with van der Waals surface area (Å²) in [7, 11) is 0. The van der Waals surface area contributed by atoms with E-state index in [4.69, 9.17) is 27.9 Å². The molecule has 26 heavy (non-hydrogen) atoms. The highest BCUT2D eigenvalue weighted by molar-refractivity contribution is 6.42. The van der Waals surface area contributed by atoms with Gasteiger partial charge in [0.1, 0.15) is 11.6 Å². The number of carboxylic acids is 1. The molecule has 1 fully saturated rings. The first-order valence-corrected chi connectivity index (χ1v) is 8.74. The molecule has 0 saturated carbocycles. The Kier molecular flexibility index (Phi) is 8.02. The predicted molar refractivity (Wildman–Crippen MR) is 103 cm³/mol. The summed E-state index contributed by atoms with van der Waals surface area (Å²) in [6.45, 7) is 7.09. The standard InChI is InChI=1S/C17H22Cl2N2O4.ClH/c1-17(2,3)25-16(24)21-8-6-20(7-9-21)14(15(22)23)11-4-5-12(18)13(19)10-11;/h4-5,10,14H,6-9H2,1-3H3,(H,22,23);1H. The van der Waals surface area contributed by atoms with Crippen LogP contribution in [0.2, 0.25) is 10.0 Å². The molecule has 1 heterocycles. The Labute approximate surface area is 169 Å². The van der Waals surface area contributed by atoms with E-state index in [-0.39, 0.29) is 18.5 Å². The predicted octanol–water partition coefficient (Wildman–Crippen LogP) is 4.09. The van der Waals surface area contributed by atoms with Crippen LogP contribution < -0.4 is 0 Å². The number of piperazine rings is 1. The lowest BCUT2D eigenvalue weighted by molar-refractivity contribution is -0.144. The molecular formula is C17H23Cl3N2O4. The van der Waals surface area contributed by atoms with Crippen molar-refractivity contribution in [2.45, 2.75) is 32.4 Å². The van der Waals surface area contributed by atoms with Crippen molar-refractivity contribution in [3.8, 4) is 0 Å². The molecular weight excluding hydrogens is 403 g/mol. The third-order valence-corrected chi connectivity index (χ3v) is 4.56. The first kappa shape index (κ1) is 22.8.